The van der Waals surface area contributed by atoms with E-state index < -0.39 is 0 Å². The zero-order valence-corrected chi connectivity index (χ0v) is 3.59. The summed E-state index contributed by atoms with van der Waals surface area (Å²) in [6.45, 7) is 4.86. The van der Waals surface area contributed by atoms with Crippen LogP contribution in [0.2, 0.25) is 0 Å². The molecule has 0 aliphatic rings. The van der Waals surface area contributed by atoms with E-state index in [-0.39, 0.29) is 0 Å². The van der Waals surface area contributed by atoms with Crippen molar-refractivity contribution in [3.63, 3.8) is 0 Å². The average Bonchev–Trinajstić information content (AvgIpc) is 1.61. The summed E-state index contributed by atoms with van der Waals surface area (Å²) in [6.07, 6.45) is 2.66. The van der Waals surface area contributed by atoms with Crippen LogP contribution in [-0.4, -0.2) is 13.3 Å². The van der Waals surface area contributed by atoms with E-state index in [1.54, 1.807) is 0 Å². The van der Waals surface area contributed by atoms with Crippen LogP contribution in [0, 0.1) is 6.58 Å². The number of oxime groups is 1. The molecule has 2 heteroatoms. The smallest absolute Gasteiger partial charge is 0.106 e. The lowest BCUT2D eigenvalue weighted by Gasteiger charge is -1.76. The molecule has 2 nitrogen and oxygen atoms in total. The van der Waals surface area contributed by atoms with Crippen LogP contribution >= 0.6 is 0 Å². The summed E-state index contributed by atoms with van der Waals surface area (Å²) in [4.78, 5) is 4.24. The Labute approximate surface area is 37.1 Å². The van der Waals surface area contributed by atoms with E-state index in [2.05, 4.69) is 9.99 Å². The van der Waals surface area contributed by atoms with Crippen LogP contribution in [0.1, 0.15) is 0 Å². The molecule has 0 spiro atoms. The largest absolute Gasteiger partial charge is 0.399 e. The van der Waals surface area contributed by atoms with E-state index in [1.165, 1.54) is 19.4 Å². The summed E-state index contributed by atoms with van der Waals surface area (Å²) in [6, 6.07) is 0. The second kappa shape index (κ2) is 4.21. The van der Waals surface area contributed by atoms with Crippen molar-refractivity contribution < 1.29 is 4.84 Å². The molecule has 0 unspecified atom stereocenters. The van der Waals surface area contributed by atoms with Crippen molar-refractivity contribution in [3.05, 3.63) is 12.7 Å². The van der Waals surface area contributed by atoms with Gasteiger partial charge >= 0.3 is 0 Å². The van der Waals surface area contributed by atoms with E-state index in [9.17, 15) is 0 Å². The maximum atomic E-state index is 4.86. The minimum Gasteiger partial charge on any atom is -0.399 e. The summed E-state index contributed by atoms with van der Waals surface area (Å²) in [5.41, 5.74) is 0. The molecule has 0 saturated carbocycles. The van der Waals surface area contributed by atoms with Crippen LogP contribution in [0.25, 0.3) is 0 Å². The van der Waals surface area contributed by atoms with Crippen molar-refractivity contribution in [2.45, 2.75) is 0 Å². The highest BCUT2D eigenvalue weighted by molar-refractivity contribution is 5.68. The van der Waals surface area contributed by atoms with Gasteiger partial charge in [-0.05, 0) is 6.08 Å². The Balaban J connectivity index is 2.94. The van der Waals surface area contributed by atoms with Gasteiger partial charge in [0.15, 0.2) is 0 Å². The van der Waals surface area contributed by atoms with Crippen molar-refractivity contribution in [2.75, 3.05) is 7.11 Å². The van der Waals surface area contributed by atoms with Gasteiger partial charge in [0, 0.05) is 0 Å². The van der Waals surface area contributed by atoms with Gasteiger partial charge in [0.1, 0.15) is 7.11 Å². The fourth-order valence-electron chi connectivity index (χ4n) is 0.0960. The molecule has 0 aromatic heterocycles. The lowest BCUT2D eigenvalue weighted by atomic mass is 10.7. The van der Waals surface area contributed by atoms with Gasteiger partial charge in [-0.25, -0.2) is 0 Å². The molecule has 0 aromatic carbocycles. The number of hydrogen-bond donors (Lipinski definition) is 0. The van der Waals surface area contributed by atoms with E-state index in [1.807, 2.05) is 0 Å². The van der Waals surface area contributed by atoms with Crippen molar-refractivity contribution in [2.24, 2.45) is 5.16 Å². The number of hydrogen-bond acceptors (Lipinski definition) is 2. The monoisotopic (exact) mass is 84.0 g/mol. The summed E-state index contributed by atoms with van der Waals surface area (Å²) >= 11 is 0. The maximum absolute atomic E-state index is 4.86. The van der Waals surface area contributed by atoms with Gasteiger partial charge in [-0.15, -0.1) is 0 Å². The molecule has 0 aliphatic heterocycles. The van der Waals surface area contributed by atoms with E-state index >= 15 is 0 Å². The second-order valence-corrected chi connectivity index (χ2v) is 0.630. The summed E-state index contributed by atoms with van der Waals surface area (Å²) in [7, 11) is 1.46. The van der Waals surface area contributed by atoms with Gasteiger partial charge in [0.25, 0.3) is 0 Å². The lowest BCUT2D eigenvalue weighted by molar-refractivity contribution is 0.215. The van der Waals surface area contributed by atoms with Crippen LogP contribution in [-0.2, 0) is 4.84 Å². The molecule has 0 bridgehead atoms. The zero-order chi connectivity index (χ0) is 4.83. The normalized spacial score (nSPS) is 8.83. The highest BCUT2D eigenvalue weighted by atomic mass is 16.6. The molecule has 33 valence electrons. The number of nitrogens with zero attached hydrogens (tertiary/aromatic N) is 1. The van der Waals surface area contributed by atoms with Crippen LogP contribution in [0.3, 0.4) is 0 Å². The molecule has 0 N–H and O–H groups in total. The molecule has 0 aliphatic carbocycles. The van der Waals surface area contributed by atoms with Crippen molar-refractivity contribution in [1.29, 1.82) is 0 Å². The van der Waals surface area contributed by atoms with Gasteiger partial charge < -0.3 is 4.84 Å². The third kappa shape index (κ3) is 3.21. The van der Waals surface area contributed by atoms with Crippen LogP contribution in [0.15, 0.2) is 11.2 Å². The standard InChI is InChI=1S/C4H6NO/c1-3-4-5-6-2/h1,3-4H,2H3. The Bertz CT molecular complexity index is 58.6. The summed E-state index contributed by atoms with van der Waals surface area (Å²) < 4.78 is 0. The molecule has 0 aromatic rings. The van der Waals surface area contributed by atoms with Crippen LogP contribution < -0.4 is 0 Å². The fourth-order valence-corrected chi connectivity index (χ4v) is 0.0960. The molecule has 0 atom stereocenters. The summed E-state index contributed by atoms with van der Waals surface area (Å²) in [5.74, 6) is 0. The third-order valence-electron chi connectivity index (χ3n) is 0.252. The van der Waals surface area contributed by atoms with Gasteiger partial charge in [-0.1, -0.05) is 11.7 Å². The van der Waals surface area contributed by atoms with Gasteiger partial charge in [-0.3, -0.25) is 0 Å². The minimum absolute atomic E-state index is 1.30. The molecule has 0 heterocycles. The number of allylic oxidation sites excluding steroid dienone is 1. The van der Waals surface area contributed by atoms with Crippen molar-refractivity contribution in [3.8, 4) is 0 Å². The van der Waals surface area contributed by atoms with E-state index in [0.717, 1.165) is 0 Å². The van der Waals surface area contributed by atoms with E-state index in [0.29, 0.717) is 0 Å². The highest BCUT2D eigenvalue weighted by Gasteiger charge is 1.52. The predicted molar refractivity (Wildman–Crippen MR) is 24.4 cm³/mol. The van der Waals surface area contributed by atoms with Crippen LogP contribution in [0.4, 0.5) is 0 Å². The highest BCUT2D eigenvalue weighted by Crippen LogP contribution is 1.60. The van der Waals surface area contributed by atoms with Crippen molar-refractivity contribution in [1.82, 2.24) is 0 Å². The third-order valence-corrected chi connectivity index (χ3v) is 0.252. The Morgan fingerprint density at radius 2 is 2.50 bits per heavy atom. The number of rotatable bonds is 2. The van der Waals surface area contributed by atoms with Gasteiger partial charge in [0.05, 0.1) is 6.21 Å². The Hall–Kier alpha value is -0.790. The average molecular weight is 84.1 g/mol. The topological polar surface area (TPSA) is 21.6 Å². The maximum Gasteiger partial charge on any atom is 0.106 e. The molecule has 0 saturated heterocycles. The first-order valence-electron chi connectivity index (χ1n) is 1.52. The van der Waals surface area contributed by atoms with Crippen molar-refractivity contribution >= 4 is 6.21 Å². The lowest BCUT2D eigenvalue weighted by Crippen LogP contribution is -1.65. The minimum atomic E-state index is 1.30. The molecule has 6 heavy (non-hydrogen) atoms. The Morgan fingerprint density at radius 3 is 2.67 bits per heavy atom. The molecule has 0 amide bonds. The zero-order valence-electron chi connectivity index (χ0n) is 3.59. The first kappa shape index (κ1) is 5.21. The Morgan fingerprint density at radius 1 is 1.83 bits per heavy atom. The molecule has 1 radical (unpaired) electrons. The first-order chi connectivity index (χ1) is 2.91. The summed E-state index contributed by atoms with van der Waals surface area (Å²) in [5, 5.41) is 3.28. The van der Waals surface area contributed by atoms with Gasteiger partial charge in [0.2, 0.25) is 0 Å². The second-order valence-electron chi connectivity index (χ2n) is 0.630. The molecule has 0 fully saturated rings. The SMILES string of the molecule is [CH]=CC=NOC. The van der Waals surface area contributed by atoms with Gasteiger partial charge in [-0.2, -0.15) is 0 Å². The first-order valence-corrected chi connectivity index (χ1v) is 1.52. The Kier molecular flexibility index (Phi) is 3.66. The molecule has 0 rings (SSSR count). The molecular formula is C4H6NO. The fraction of sp³-hybridized carbons (Fsp3) is 0.250. The predicted octanol–water partition coefficient (Wildman–Crippen LogP) is 0.608. The molecular weight excluding hydrogens is 78.0 g/mol. The quantitative estimate of drug-likeness (QED) is 0.355. The van der Waals surface area contributed by atoms with Crippen LogP contribution in [0.5, 0.6) is 0 Å². The van der Waals surface area contributed by atoms with E-state index in [4.69, 9.17) is 6.58 Å².